The molecule has 0 bridgehead atoms. The Bertz CT molecular complexity index is 1450. The number of hydrogen-bond acceptors (Lipinski definition) is 0. The summed E-state index contributed by atoms with van der Waals surface area (Å²) in [5.41, 5.74) is 3.01. The molecule has 5 rings (SSSR count). The van der Waals surface area contributed by atoms with Gasteiger partial charge in [0.2, 0.25) is 0 Å². The molecule has 0 radical (unpaired) electrons. The summed E-state index contributed by atoms with van der Waals surface area (Å²) in [5, 5.41) is 0. The van der Waals surface area contributed by atoms with Crippen molar-refractivity contribution in [3.63, 3.8) is 0 Å². The minimum atomic E-state index is -0.866. The maximum Gasteiger partial charge on any atom is 0.167 e. The summed E-state index contributed by atoms with van der Waals surface area (Å²) in [6, 6.07) is 13.2. The lowest BCUT2D eigenvalue weighted by molar-refractivity contribution is 0.189. The number of rotatable bonds is 14. The molecule has 0 nitrogen and oxygen atoms in total. The first-order chi connectivity index (χ1) is 22.4. The molecular weight excluding hydrogens is 580 g/mol. The number of aryl methyl sites for hydroxylation is 1. The molecule has 0 spiro atoms. The van der Waals surface area contributed by atoms with E-state index in [1.165, 1.54) is 64.2 Å². The summed E-state index contributed by atoms with van der Waals surface area (Å²) in [6.45, 7) is 4.46. The molecule has 0 saturated heterocycles. The minimum absolute atomic E-state index is 0.169. The highest BCUT2D eigenvalue weighted by molar-refractivity contribution is 5.74. The fraction of sp³-hybridized carbons (Fsp3) is 0.524. The number of unbranched alkanes of at least 4 members (excludes halogenated alkanes) is 6. The Hall–Kier alpha value is -2.88. The third kappa shape index (κ3) is 8.33. The molecule has 2 aliphatic rings. The molecule has 0 amide bonds. The average Bonchev–Trinajstić information content (AvgIpc) is 3.08. The molecule has 3 aromatic carbocycles. The first-order valence-electron chi connectivity index (χ1n) is 18.2. The second-order valence-corrected chi connectivity index (χ2v) is 14.0. The summed E-state index contributed by atoms with van der Waals surface area (Å²) in [4.78, 5) is 0. The van der Waals surface area contributed by atoms with E-state index in [0.29, 0.717) is 34.6 Å². The monoisotopic (exact) mass is 632 g/mol. The zero-order valence-electron chi connectivity index (χ0n) is 28.0. The van der Waals surface area contributed by atoms with E-state index in [2.05, 4.69) is 19.9 Å². The van der Waals surface area contributed by atoms with Crippen LogP contribution in [0.5, 0.6) is 0 Å². The van der Waals surface area contributed by atoms with E-state index in [4.69, 9.17) is 0 Å². The van der Waals surface area contributed by atoms with Crippen LogP contribution in [0, 0.1) is 41.0 Å². The third-order valence-electron chi connectivity index (χ3n) is 10.9. The summed E-state index contributed by atoms with van der Waals surface area (Å²) in [6.07, 6.45) is 21.2. The van der Waals surface area contributed by atoms with Crippen molar-refractivity contribution in [3.05, 3.63) is 89.0 Å². The van der Waals surface area contributed by atoms with Gasteiger partial charge in [-0.15, -0.1) is 0 Å². The van der Waals surface area contributed by atoms with E-state index in [9.17, 15) is 4.39 Å². The summed E-state index contributed by atoms with van der Waals surface area (Å²) < 4.78 is 61.0. The van der Waals surface area contributed by atoms with Crippen LogP contribution in [0.15, 0.2) is 54.6 Å². The van der Waals surface area contributed by atoms with Crippen LogP contribution in [-0.2, 0) is 6.42 Å². The molecule has 2 aliphatic carbocycles. The molecule has 1 unspecified atom stereocenters. The van der Waals surface area contributed by atoms with Gasteiger partial charge < -0.3 is 0 Å². The maximum atomic E-state index is 15.5. The smallest absolute Gasteiger partial charge is 0.167 e. The lowest BCUT2D eigenvalue weighted by Gasteiger charge is -2.35. The Kier molecular flexibility index (Phi) is 12.6. The largest absolute Gasteiger partial charge is 0.203 e. The molecule has 0 N–H and O–H groups in total. The number of benzene rings is 3. The van der Waals surface area contributed by atoms with Crippen LogP contribution in [0.1, 0.15) is 128 Å². The van der Waals surface area contributed by atoms with Crippen LogP contribution in [0.3, 0.4) is 0 Å². The fourth-order valence-corrected chi connectivity index (χ4v) is 8.01. The summed E-state index contributed by atoms with van der Waals surface area (Å²) in [5.74, 6) is -1.03. The molecule has 46 heavy (non-hydrogen) atoms. The number of allylic oxidation sites excluding steroid dienone is 2. The summed E-state index contributed by atoms with van der Waals surface area (Å²) >= 11 is 0. The predicted molar refractivity (Wildman–Crippen MR) is 185 cm³/mol. The van der Waals surface area contributed by atoms with Crippen molar-refractivity contribution in [2.45, 2.75) is 123 Å². The first-order valence-corrected chi connectivity index (χ1v) is 18.2. The SMILES string of the molecule is CCCCCCCCCc1ccc(-c2ccc(-c3ccc(C4=CCC(C5CCC(CCC)CC5)CC4)c(F)c3F)cc2)c(F)c1F. The highest BCUT2D eigenvalue weighted by Crippen LogP contribution is 2.43. The van der Waals surface area contributed by atoms with Gasteiger partial charge in [-0.1, -0.05) is 133 Å². The second-order valence-electron chi connectivity index (χ2n) is 14.0. The van der Waals surface area contributed by atoms with Crippen molar-refractivity contribution in [2.24, 2.45) is 17.8 Å². The van der Waals surface area contributed by atoms with Crippen LogP contribution in [0.4, 0.5) is 17.6 Å². The minimum Gasteiger partial charge on any atom is -0.203 e. The Morgan fingerprint density at radius 3 is 1.72 bits per heavy atom. The topological polar surface area (TPSA) is 0 Å². The second kappa shape index (κ2) is 16.8. The molecule has 248 valence electrons. The van der Waals surface area contributed by atoms with E-state index >= 15 is 13.2 Å². The van der Waals surface area contributed by atoms with Gasteiger partial charge in [0.15, 0.2) is 23.3 Å². The lowest BCUT2D eigenvalue weighted by Crippen LogP contribution is -2.23. The van der Waals surface area contributed by atoms with Crippen molar-refractivity contribution in [1.29, 1.82) is 0 Å². The molecule has 3 aromatic rings. The molecule has 1 atom stereocenters. The van der Waals surface area contributed by atoms with Gasteiger partial charge in [-0.3, -0.25) is 0 Å². The van der Waals surface area contributed by atoms with Gasteiger partial charge in [-0.05, 0) is 85.0 Å². The molecular formula is C42H52F4. The Morgan fingerprint density at radius 1 is 0.543 bits per heavy atom. The van der Waals surface area contributed by atoms with Gasteiger partial charge >= 0.3 is 0 Å². The highest BCUT2D eigenvalue weighted by Gasteiger charge is 2.29. The predicted octanol–water partition coefficient (Wildman–Crippen LogP) is 13.7. The maximum absolute atomic E-state index is 15.5. The molecule has 1 saturated carbocycles. The zero-order valence-corrected chi connectivity index (χ0v) is 28.0. The molecule has 1 fully saturated rings. The van der Waals surface area contributed by atoms with Crippen LogP contribution in [0.25, 0.3) is 27.8 Å². The van der Waals surface area contributed by atoms with Gasteiger partial charge in [-0.25, -0.2) is 17.6 Å². The van der Waals surface area contributed by atoms with Crippen molar-refractivity contribution in [3.8, 4) is 22.3 Å². The van der Waals surface area contributed by atoms with Crippen LogP contribution < -0.4 is 0 Å². The van der Waals surface area contributed by atoms with Gasteiger partial charge in [-0.2, -0.15) is 0 Å². The van der Waals surface area contributed by atoms with Crippen LogP contribution in [0.2, 0.25) is 0 Å². The van der Waals surface area contributed by atoms with E-state index in [-0.39, 0.29) is 11.1 Å². The molecule has 4 heteroatoms. The van der Waals surface area contributed by atoms with Crippen LogP contribution >= 0.6 is 0 Å². The first kappa shape index (κ1) is 34.5. The quantitative estimate of drug-likeness (QED) is 0.123. The Balaban J connectivity index is 1.21. The fourth-order valence-electron chi connectivity index (χ4n) is 8.01. The summed E-state index contributed by atoms with van der Waals surface area (Å²) in [7, 11) is 0. The van der Waals surface area contributed by atoms with Gasteiger partial charge in [0.05, 0.1) is 0 Å². The van der Waals surface area contributed by atoms with E-state index in [1.54, 1.807) is 48.5 Å². The average molecular weight is 633 g/mol. The van der Waals surface area contributed by atoms with Gasteiger partial charge in [0.25, 0.3) is 0 Å². The Labute approximate surface area is 274 Å². The van der Waals surface area contributed by atoms with E-state index in [0.717, 1.165) is 55.9 Å². The normalized spacial score (nSPS) is 20.1. The standard InChI is InChI=1S/C42H52F4/c1-3-5-6-7-8-9-10-12-35-25-26-36(40(44)39(35)43)33-21-23-34(24-22-33)38-28-27-37(41(45)42(38)46)32-19-17-31(18-20-32)30-15-13-29(11-4-2)14-16-30/h19,21-31H,3-18,20H2,1-2H3. The molecule has 0 aromatic heterocycles. The highest BCUT2D eigenvalue weighted by atomic mass is 19.2. The van der Waals surface area contributed by atoms with Crippen molar-refractivity contribution >= 4 is 5.57 Å². The van der Waals surface area contributed by atoms with E-state index in [1.807, 2.05) is 0 Å². The molecule has 0 heterocycles. The lowest BCUT2D eigenvalue weighted by atomic mass is 9.70. The van der Waals surface area contributed by atoms with Gasteiger partial charge in [0, 0.05) is 16.7 Å². The third-order valence-corrected chi connectivity index (χ3v) is 10.9. The molecule has 0 aliphatic heterocycles. The Morgan fingerprint density at radius 2 is 1.11 bits per heavy atom. The number of hydrogen-bond donors (Lipinski definition) is 0. The number of halogens is 4. The van der Waals surface area contributed by atoms with Crippen LogP contribution in [-0.4, -0.2) is 0 Å². The van der Waals surface area contributed by atoms with E-state index < -0.39 is 23.3 Å². The van der Waals surface area contributed by atoms with Crippen molar-refractivity contribution < 1.29 is 17.6 Å². The van der Waals surface area contributed by atoms with Crippen molar-refractivity contribution in [1.82, 2.24) is 0 Å². The van der Waals surface area contributed by atoms with Crippen molar-refractivity contribution in [2.75, 3.05) is 0 Å². The van der Waals surface area contributed by atoms with Gasteiger partial charge in [0.1, 0.15) is 0 Å². The zero-order chi connectivity index (χ0) is 32.5.